The number of nitrogens with zero attached hydrogens (tertiary/aromatic N) is 3. The van der Waals surface area contributed by atoms with Crippen molar-refractivity contribution in [3.8, 4) is 22.9 Å². The van der Waals surface area contributed by atoms with E-state index in [1.807, 2.05) is 6.07 Å². The average molecular weight is 341 g/mol. The SMILES string of the molecule is CC(=O)OC(C)c1ccc2nn(-c3cc4c(cc3O)OCO4)nc2c1. The fourth-order valence-electron chi connectivity index (χ4n) is 2.69. The Hall–Kier alpha value is -3.29. The number of benzene rings is 2. The number of carbonyl (C=O) groups excluding carboxylic acids is 1. The molecule has 1 aliphatic heterocycles. The molecule has 8 nitrogen and oxygen atoms in total. The first-order chi connectivity index (χ1) is 12.0. The number of hydrogen-bond donors (Lipinski definition) is 1. The van der Waals surface area contributed by atoms with Gasteiger partial charge in [-0.3, -0.25) is 4.79 Å². The molecule has 1 unspecified atom stereocenters. The number of aromatic nitrogens is 3. The number of fused-ring (bicyclic) bond motifs is 2. The fourth-order valence-corrected chi connectivity index (χ4v) is 2.69. The molecular weight excluding hydrogens is 326 g/mol. The minimum Gasteiger partial charge on any atom is -0.505 e. The van der Waals surface area contributed by atoms with Gasteiger partial charge in [0.05, 0.1) is 0 Å². The lowest BCUT2D eigenvalue weighted by Gasteiger charge is -2.11. The second kappa shape index (κ2) is 5.66. The first-order valence-corrected chi connectivity index (χ1v) is 7.68. The normalized spacial score (nSPS) is 13.8. The van der Waals surface area contributed by atoms with Crippen LogP contribution in [-0.2, 0) is 9.53 Å². The number of phenols is 1. The van der Waals surface area contributed by atoms with Crippen LogP contribution in [-0.4, -0.2) is 32.9 Å². The van der Waals surface area contributed by atoms with Crippen LogP contribution in [0.1, 0.15) is 25.5 Å². The summed E-state index contributed by atoms with van der Waals surface area (Å²) >= 11 is 0. The van der Waals surface area contributed by atoms with Crippen LogP contribution in [0.4, 0.5) is 0 Å². The second-order valence-electron chi connectivity index (χ2n) is 5.68. The molecule has 1 aliphatic rings. The zero-order valence-electron chi connectivity index (χ0n) is 13.6. The summed E-state index contributed by atoms with van der Waals surface area (Å²) in [5.41, 5.74) is 2.46. The third-order valence-electron chi connectivity index (χ3n) is 3.90. The van der Waals surface area contributed by atoms with E-state index in [1.165, 1.54) is 17.8 Å². The monoisotopic (exact) mass is 341 g/mol. The summed E-state index contributed by atoms with van der Waals surface area (Å²) in [7, 11) is 0. The zero-order chi connectivity index (χ0) is 17.6. The predicted octanol–water partition coefficient (Wildman–Crippen LogP) is 2.48. The maximum absolute atomic E-state index is 11.1. The van der Waals surface area contributed by atoms with Crippen LogP contribution in [0, 0.1) is 0 Å². The highest BCUT2D eigenvalue weighted by Crippen LogP contribution is 2.39. The van der Waals surface area contributed by atoms with Gasteiger partial charge in [-0.05, 0) is 24.6 Å². The van der Waals surface area contributed by atoms with Crippen LogP contribution in [0.5, 0.6) is 17.2 Å². The molecule has 0 saturated carbocycles. The van der Waals surface area contributed by atoms with E-state index in [0.29, 0.717) is 28.2 Å². The molecular formula is C17H15N3O5. The molecule has 0 bridgehead atoms. The van der Waals surface area contributed by atoms with Gasteiger partial charge in [0.15, 0.2) is 11.5 Å². The molecule has 0 spiro atoms. The molecule has 1 aromatic heterocycles. The molecule has 4 rings (SSSR count). The van der Waals surface area contributed by atoms with E-state index in [4.69, 9.17) is 14.2 Å². The molecule has 0 fully saturated rings. The summed E-state index contributed by atoms with van der Waals surface area (Å²) in [6.45, 7) is 3.27. The Morgan fingerprint density at radius 3 is 2.68 bits per heavy atom. The highest BCUT2D eigenvalue weighted by Gasteiger charge is 2.19. The molecule has 8 heteroatoms. The van der Waals surface area contributed by atoms with Gasteiger partial charge in [-0.15, -0.1) is 15.0 Å². The molecule has 1 atom stereocenters. The maximum atomic E-state index is 11.1. The quantitative estimate of drug-likeness (QED) is 0.731. The number of esters is 1. The smallest absolute Gasteiger partial charge is 0.303 e. The van der Waals surface area contributed by atoms with Gasteiger partial charge < -0.3 is 19.3 Å². The highest BCUT2D eigenvalue weighted by atomic mass is 16.7. The van der Waals surface area contributed by atoms with Gasteiger partial charge in [0.2, 0.25) is 6.79 Å². The van der Waals surface area contributed by atoms with Gasteiger partial charge in [-0.25, -0.2) is 0 Å². The van der Waals surface area contributed by atoms with Crippen molar-refractivity contribution in [3.05, 3.63) is 35.9 Å². The maximum Gasteiger partial charge on any atom is 0.303 e. The molecule has 25 heavy (non-hydrogen) atoms. The van der Waals surface area contributed by atoms with Gasteiger partial charge in [0.1, 0.15) is 28.6 Å². The lowest BCUT2D eigenvalue weighted by atomic mass is 10.1. The Kier molecular flexibility index (Phi) is 3.45. The van der Waals surface area contributed by atoms with Crippen molar-refractivity contribution in [1.29, 1.82) is 0 Å². The number of hydrogen-bond acceptors (Lipinski definition) is 7. The number of phenolic OH excluding ortho intramolecular Hbond substituents is 1. The zero-order valence-corrected chi connectivity index (χ0v) is 13.6. The van der Waals surface area contributed by atoms with Crippen LogP contribution in [0.3, 0.4) is 0 Å². The van der Waals surface area contributed by atoms with Crippen LogP contribution in [0.25, 0.3) is 16.7 Å². The van der Waals surface area contributed by atoms with Gasteiger partial charge in [-0.2, -0.15) is 0 Å². The number of ether oxygens (including phenoxy) is 3. The molecule has 1 N–H and O–H groups in total. The minimum absolute atomic E-state index is 0.0157. The molecule has 2 heterocycles. The first kappa shape index (κ1) is 15.3. The second-order valence-corrected chi connectivity index (χ2v) is 5.68. The summed E-state index contributed by atoms with van der Waals surface area (Å²) in [5, 5.41) is 19.0. The van der Waals surface area contributed by atoms with Crippen LogP contribution in [0.2, 0.25) is 0 Å². The van der Waals surface area contributed by atoms with E-state index in [-0.39, 0.29) is 24.6 Å². The third-order valence-corrected chi connectivity index (χ3v) is 3.90. The molecule has 0 amide bonds. The Bertz CT molecular complexity index is 982. The summed E-state index contributed by atoms with van der Waals surface area (Å²) in [5.74, 6) is 0.647. The molecule has 3 aromatic rings. The average Bonchev–Trinajstić information content (AvgIpc) is 3.18. The van der Waals surface area contributed by atoms with Crippen molar-refractivity contribution >= 4 is 17.0 Å². The third kappa shape index (κ3) is 2.71. The summed E-state index contributed by atoms with van der Waals surface area (Å²) < 4.78 is 15.7. The number of carbonyl (C=O) groups is 1. The van der Waals surface area contributed by atoms with E-state index < -0.39 is 0 Å². The van der Waals surface area contributed by atoms with E-state index in [2.05, 4.69) is 10.2 Å². The van der Waals surface area contributed by atoms with E-state index >= 15 is 0 Å². The van der Waals surface area contributed by atoms with Crippen LogP contribution >= 0.6 is 0 Å². The Morgan fingerprint density at radius 2 is 1.92 bits per heavy atom. The lowest BCUT2D eigenvalue weighted by Crippen LogP contribution is -2.04. The number of rotatable bonds is 3. The van der Waals surface area contributed by atoms with Gasteiger partial charge >= 0.3 is 5.97 Å². The highest BCUT2D eigenvalue weighted by molar-refractivity contribution is 5.75. The number of aromatic hydroxyl groups is 1. The van der Waals surface area contributed by atoms with Crippen molar-refractivity contribution in [3.63, 3.8) is 0 Å². The summed E-state index contributed by atoms with van der Waals surface area (Å²) in [4.78, 5) is 12.4. The van der Waals surface area contributed by atoms with Crippen molar-refractivity contribution in [2.75, 3.05) is 6.79 Å². The van der Waals surface area contributed by atoms with Crippen molar-refractivity contribution < 1.29 is 24.1 Å². The van der Waals surface area contributed by atoms with Gasteiger partial charge in [-0.1, -0.05) is 6.07 Å². The lowest BCUT2D eigenvalue weighted by molar-refractivity contribution is -0.145. The summed E-state index contributed by atoms with van der Waals surface area (Å²) in [6.07, 6.45) is -0.383. The Morgan fingerprint density at radius 1 is 1.20 bits per heavy atom. The van der Waals surface area contributed by atoms with E-state index in [1.54, 1.807) is 25.1 Å². The minimum atomic E-state index is -0.383. The van der Waals surface area contributed by atoms with Crippen molar-refractivity contribution in [2.24, 2.45) is 0 Å². The standard InChI is InChI=1S/C17H15N3O5/c1-9(25-10(2)21)11-3-4-12-13(5-11)19-20(18-12)14-6-16-17(7-15(14)22)24-8-23-16/h3-7,9,22H,8H2,1-2H3. The van der Waals surface area contributed by atoms with E-state index in [9.17, 15) is 9.90 Å². The van der Waals surface area contributed by atoms with Crippen molar-refractivity contribution in [1.82, 2.24) is 15.0 Å². The van der Waals surface area contributed by atoms with Gasteiger partial charge in [0, 0.05) is 19.1 Å². The molecule has 128 valence electrons. The summed E-state index contributed by atoms with van der Waals surface area (Å²) in [6, 6.07) is 8.52. The largest absolute Gasteiger partial charge is 0.505 e. The van der Waals surface area contributed by atoms with Crippen LogP contribution in [0.15, 0.2) is 30.3 Å². The molecule has 0 radical (unpaired) electrons. The molecule has 0 saturated heterocycles. The topological polar surface area (TPSA) is 95.7 Å². The van der Waals surface area contributed by atoms with Crippen LogP contribution < -0.4 is 9.47 Å². The predicted molar refractivity (Wildman–Crippen MR) is 86.8 cm³/mol. The van der Waals surface area contributed by atoms with Crippen molar-refractivity contribution in [2.45, 2.75) is 20.0 Å². The molecule has 2 aromatic carbocycles. The Labute approximate surface area is 142 Å². The Balaban J connectivity index is 1.73. The first-order valence-electron chi connectivity index (χ1n) is 7.68. The van der Waals surface area contributed by atoms with E-state index in [0.717, 1.165) is 5.56 Å². The molecule has 0 aliphatic carbocycles. The fraction of sp³-hybridized carbons (Fsp3) is 0.235. The van der Waals surface area contributed by atoms with Gasteiger partial charge in [0.25, 0.3) is 0 Å².